The number of fused-ring (bicyclic) bond motifs is 1. The molecule has 4 rings (SSSR count). The second-order valence-electron chi connectivity index (χ2n) is 7.23. The van der Waals surface area contributed by atoms with E-state index in [2.05, 4.69) is 10.3 Å². The quantitative estimate of drug-likeness (QED) is 0.621. The number of nitrogens with one attached hydrogen (secondary N) is 1. The van der Waals surface area contributed by atoms with E-state index in [-0.39, 0.29) is 47.3 Å². The Labute approximate surface area is 183 Å². The number of sulfonamides is 1. The highest BCUT2D eigenvalue weighted by Crippen LogP contribution is 2.28. The molecule has 3 heterocycles. The van der Waals surface area contributed by atoms with Crippen molar-refractivity contribution >= 4 is 43.8 Å². The molecule has 2 unspecified atom stereocenters. The summed E-state index contributed by atoms with van der Waals surface area (Å²) in [5.74, 6) is -0.400. The standard InChI is InChI=1S/C19H21ClN4O4S2/c1-12-9-24(10-13(2)28-12)30(26,27)17-7-14(3-4-16(17)20)18(25)21-8-15-11-23-5-6-29-19(23)22-15/h3-7,11-13H,8-10H2,1-2H3,(H,21,25). The summed E-state index contributed by atoms with van der Waals surface area (Å²) in [7, 11) is -3.86. The summed E-state index contributed by atoms with van der Waals surface area (Å²) >= 11 is 7.71. The summed E-state index contributed by atoms with van der Waals surface area (Å²) in [5, 5.41) is 4.78. The number of morpholine rings is 1. The Morgan fingerprint density at radius 3 is 2.77 bits per heavy atom. The minimum atomic E-state index is -3.86. The van der Waals surface area contributed by atoms with E-state index in [1.165, 1.54) is 33.8 Å². The molecule has 11 heteroatoms. The smallest absolute Gasteiger partial charge is 0.251 e. The third-order valence-electron chi connectivity index (χ3n) is 4.77. The maximum absolute atomic E-state index is 13.2. The topological polar surface area (TPSA) is 93.0 Å². The van der Waals surface area contributed by atoms with Crippen molar-refractivity contribution < 1.29 is 17.9 Å². The van der Waals surface area contributed by atoms with Gasteiger partial charge in [0.2, 0.25) is 10.0 Å². The van der Waals surface area contributed by atoms with Gasteiger partial charge in [0.15, 0.2) is 4.96 Å². The number of aromatic nitrogens is 2. The van der Waals surface area contributed by atoms with Crippen molar-refractivity contribution in [1.82, 2.24) is 19.0 Å². The number of benzene rings is 1. The molecule has 2 atom stereocenters. The molecule has 0 aliphatic carbocycles. The Balaban J connectivity index is 1.53. The first kappa shape index (κ1) is 21.3. The van der Waals surface area contributed by atoms with E-state index in [4.69, 9.17) is 16.3 Å². The van der Waals surface area contributed by atoms with Crippen molar-refractivity contribution in [1.29, 1.82) is 0 Å². The molecule has 2 aromatic heterocycles. The number of nitrogens with zero attached hydrogens (tertiary/aromatic N) is 3. The van der Waals surface area contributed by atoms with Gasteiger partial charge >= 0.3 is 0 Å². The molecule has 160 valence electrons. The number of rotatable bonds is 5. The summed E-state index contributed by atoms with van der Waals surface area (Å²) in [6.45, 7) is 4.34. The fourth-order valence-corrected chi connectivity index (χ4v) is 6.25. The van der Waals surface area contributed by atoms with Crippen molar-refractivity contribution in [3.63, 3.8) is 0 Å². The summed E-state index contributed by atoms with van der Waals surface area (Å²) in [4.78, 5) is 17.8. The van der Waals surface area contributed by atoms with Crippen molar-refractivity contribution in [3.8, 4) is 0 Å². The fraction of sp³-hybridized carbons (Fsp3) is 0.368. The van der Waals surface area contributed by atoms with Gasteiger partial charge in [0.1, 0.15) is 4.90 Å². The summed E-state index contributed by atoms with van der Waals surface area (Å²) in [6.07, 6.45) is 3.28. The number of amides is 1. The average molecular weight is 469 g/mol. The van der Waals surface area contributed by atoms with Gasteiger partial charge in [-0.3, -0.25) is 9.20 Å². The number of halogens is 1. The summed E-state index contributed by atoms with van der Waals surface area (Å²) in [5.41, 5.74) is 0.932. The van der Waals surface area contributed by atoms with Crippen molar-refractivity contribution in [2.75, 3.05) is 13.1 Å². The molecule has 3 aromatic rings. The second kappa shape index (κ2) is 8.27. The third-order valence-corrected chi connectivity index (χ3v) is 7.85. The molecule has 0 saturated carbocycles. The first-order valence-electron chi connectivity index (χ1n) is 9.38. The van der Waals surface area contributed by atoms with Gasteiger partial charge in [-0.2, -0.15) is 4.31 Å². The second-order valence-corrected chi connectivity index (χ2v) is 10.4. The Kier molecular flexibility index (Phi) is 5.86. The molecule has 1 aliphatic heterocycles. The van der Waals surface area contributed by atoms with Gasteiger partial charge in [-0.25, -0.2) is 13.4 Å². The van der Waals surface area contributed by atoms with Crippen LogP contribution >= 0.6 is 22.9 Å². The highest BCUT2D eigenvalue weighted by atomic mass is 35.5. The predicted molar refractivity (Wildman–Crippen MR) is 114 cm³/mol. The van der Waals surface area contributed by atoms with E-state index in [9.17, 15) is 13.2 Å². The summed E-state index contributed by atoms with van der Waals surface area (Å²) in [6, 6.07) is 4.26. The highest BCUT2D eigenvalue weighted by Gasteiger charge is 2.33. The minimum Gasteiger partial charge on any atom is -0.373 e. The van der Waals surface area contributed by atoms with Crippen LogP contribution in [0.25, 0.3) is 4.96 Å². The lowest BCUT2D eigenvalue weighted by molar-refractivity contribution is -0.0440. The van der Waals surface area contributed by atoms with E-state index in [0.29, 0.717) is 5.69 Å². The number of hydrogen-bond acceptors (Lipinski definition) is 6. The molecule has 1 amide bonds. The fourth-order valence-electron chi connectivity index (χ4n) is 3.44. The average Bonchev–Trinajstić information content (AvgIpc) is 3.27. The lowest BCUT2D eigenvalue weighted by Gasteiger charge is -2.34. The van der Waals surface area contributed by atoms with Crippen molar-refractivity contribution in [2.45, 2.75) is 37.5 Å². The highest BCUT2D eigenvalue weighted by molar-refractivity contribution is 7.89. The first-order chi connectivity index (χ1) is 14.2. The molecule has 1 saturated heterocycles. The molecular formula is C19H21ClN4O4S2. The molecule has 0 spiro atoms. The van der Waals surface area contributed by atoms with Gasteiger partial charge in [0.05, 0.1) is 29.5 Å². The van der Waals surface area contributed by atoms with Crippen LogP contribution in [0.15, 0.2) is 40.9 Å². The minimum absolute atomic E-state index is 0.0766. The number of carbonyl (C=O) groups is 1. The van der Waals surface area contributed by atoms with E-state index < -0.39 is 15.9 Å². The lowest BCUT2D eigenvalue weighted by atomic mass is 10.2. The molecule has 1 aromatic carbocycles. The van der Waals surface area contributed by atoms with Crippen molar-refractivity contribution in [3.05, 3.63) is 52.3 Å². The summed E-state index contributed by atoms with van der Waals surface area (Å²) < 4.78 is 35.2. The number of carbonyl (C=O) groups excluding carboxylic acids is 1. The van der Waals surface area contributed by atoms with Crippen LogP contribution in [0.1, 0.15) is 29.9 Å². The van der Waals surface area contributed by atoms with Crippen LogP contribution in [0.2, 0.25) is 5.02 Å². The van der Waals surface area contributed by atoms with Crippen LogP contribution in [0, 0.1) is 0 Å². The molecule has 1 aliphatic rings. The zero-order chi connectivity index (χ0) is 21.5. The molecule has 8 nitrogen and oxygen atoms in total. The predicted octanol–water partition coefficient (Wildman–Crippen LogP) is 2.78. The van der Waals surface area contributed by atoms with Crippen molar-refractivity contribution in [2.24, 2.45) is 0 Å². The first-order valence-corrected chi connectivity index (χ1v) is 12.1. The van der Waals surface area contributed by atoms with Gasteiger partial charge in [-0.1, -0.05) is 11.6 Å². The lowest BCUT2D eigenvalue weighted by Crippen LogP contribution is -2.48. The van der Waals surface area contributed by atoms with E-state index in [0.717, 1.165) is 4.96 Å². The van der Waals surface area contributed by atoms with E-state index >= 15 is 0 Å². The van der Waals surface area contributed by atoms with Gasteiger partial charge in [0.25, 0.3) is 5.91 Å². The van der Waals surface area contributed by atoms with Crippen LogP contribution in [0.5, 0.6) is 0 Å². The molecular weight excluding hydrogens is 448 g/mol. The van der Waals surface area contributed by atoms with E-state index in [1.807, 2.05) is 36.0 Å². The van der Waals surface area contributed by atoms with Gasteiger partial charge in [-0.15, -0.1) is 11.3 Å². The maximum Gasteiger partial charge on any atom is 0.251 e. The van der Waals surface area contributed by atoms with Crippen LogP contribution < -0.4 is 5.32 Å². The van der Waals surface area contributed by atoms with Crippen LogP contribution in [0.3, 0.4) is 0 Å². The Bertz CT molecular complexity index is 1150. The van der Waals surface area contributed by atoms with Crippen LogP contribution in [-0.4, -0.2) is 53.3 Å². The third kappa shape index (κ3) is 4.23. The molecule has 0 bridgehead atoms. The monoisotopic (exact) mass is 468 g/mol. The molecule has 1 N–H and O–H groups in total. The normalized spacial score (nSPS) is 20.5. The Morgan fingerprint density at radius 2 is 2.07 bits per heavy atom. The van der Waals surface area contributed by atoms with Gasteiger partial charge in [-0.05, 0) is 32.0 Å². The number of imidazole rings is 1. The zero-order valence-electron chi connectivity index (χ0n) is 16.4. The number of ether oxygens (including phenoxy) is 1. The SMILES string of the molecule is CC1CN(S(=O)(=O)c2cc(C(=O)NCc3cn4ccsc4n3)ccc2Cl)CC(C)O1. The zero-order valence-corrected chi connectivity index (χ0v) is 18.8. The number of hydrogen-bond donors (Lipinski definition) is 1. The van der Waals surface area contributed by atoms with Crippen LogP contribution in [-0.2, 0) is 21.3 Å². The number of thiazole rings is 1. The largest absolute Gasteiger partial charge is 0.373 e. The Hall–Kier alpha value is -1.98. The Morgan fingerprint density at radius 1 is 1.33 bits per heavy atom. The molecule has 30 heavy (non-hydrogen) atoms. The van der Waals surface area contributed by atoms with Crippen LogP contribution in [0.4, 0.5) is 0 Å². The van der Waals surface area contributed by atoms with Gasteiger partial charge < -0.3 is 10.1 Å². The van der Waals surface area contributed by atoms with Gasteiger partial charge in [0, 0.05) is 36.4 Å². The molecule has 1 fully saturated rings. The maximum atomic E-state index is 13.2. The molecule has 0 radical (unpaired) electrons. The van der Waals surface area contributed by atoms with E-state index in [1.54, 1.807) is 0 Å².